The molecule has 136 valence electrons. The first-order valence-corrected chi connectivity index (χ1v) is 9.03. The van der Waals surface area contributed by atoms with Gasteiger partial charge in [0.25, 0.3) is 11.6 Å². The van der Waals surface area contributed by atoms with Crippen LogP contribution in [-0.4, -0.2) is 60.7 Å². The van der Waals surface area contributed by atoms with Crippen LogP contribution in [0.25, 0.3) is 5.69 Å². The van der Waals surface area contributed by atoms with E-state index in [1.54, 1.807) is 30.0 Å². The number of para-hydroxylation sites is 2. The molecule has 10 heteroatoms. The number of rotatable bonds is 5. The van der Waals surface area contributed by atoms with Gasteiger partial charge in [-0.3, -0.25) is 19.7 Å². The maximum Gasteiger partial charge on any atom is 0.305 e. The molecule has 1 aromatic carbocycles. The third-order valence-corrected chi connectivity index (χ3v) is 5.12. The molecule has 1 unspecified atom stereocenters. The molecule has 1 N–H and O–H groups in total. The lowest BCUT2D eigenvalue weighted by Crippen LogP contribution is -2.47. The largest absolute Gasteiger partial charge is 0.481 e. The predicted molar refractivity (Wildman–Crippen MR) is 94.6 cm³/mol. The highest BCUT2D eigenvalue weighted by atomic mass is 32.2. The highest BCUT2D eigenvalue weighted by Crippen LogP contribution is 2.23. The number of nitro groups is 1. The standard InChI is InChI=1S/C16H16N4O5S/c21-15(22)9-11-10-26-8-7-18(11)16(23)12-5-6-19(17-12)13-3-1-2-4-14(13)20(24)25/h1-6,11H,7-10H2,(H,21,22). The van der Waals surface area contributed by atoms with Crippen molar-refractivity contribution in [3.63, 3.8) is 0 Å². The number of benzene rings is 1. The summed E-state index contributed by atoms with van der Waals surface area (Å²) in [5.41, 5.74) is 0.269. The molecule has 1 fully saturated rings. The van der Waals surface area contributed by atoms with E-state index in [9.17, 15) is 19.7 Å². The van der Waals surface area contributed by atoms with E-state index in [2.05, 4.69) is 5.10 Å². The molecule has 1 amide bonds. The Hall–Kier alpha value is -2.88. The van der Waals surface area contributed by atoms with Crippen LogP contribution in [0.1, 0.15) is 16.9 Å². The Labute approximate surface area is 152 Å². The summed E-state index contributed by atoms with van der Waals surface area (Å²) in [6.45, 7) is 0.444. The van der Waals surface area contributed by atoms with E-state index in [-0.39, 0.29) is 29.4 Å². The highest BCUT2D eigenvalue weighted by Gasteiger charge is 2.30. The molecule has 3 rings (SSSR count). The fraction of sp³-hybridized carbons (Fsp3) is 0.312. The van der Waals surface area contributed by atoms with Crippen molar-refractivity contribution in [2.45, 2.75) is 12.5 Å². The maximum absolute atomic E-state index is 12.8. The van der Waals surface area contributed by atoms with Crippen LogP contribution in [0.15, 0.2) is 36.5 Å². The molecule has 0 bridgehead atoms. The van der Waals surface area contributed by atoms with E-state index in [0.717, 1.165) is 5.75 Å². The van der Waals surface area contributed by atoms with Crippen LogP contribution in [0.3, 0.4) is 0 Å². The second-order valence-electron chi connectivity index (χ2n) is 5.72. The molecule has 0 radical (unpaired) electrons. The van der Waals surface area contributed by atoms with Crippen molar-refractivity contribution in [2.75, 3.05) is 18.1 Å². The van der Waals surface area contributed by atoms with Gasteiger partial charge in [-0.15, -0.1) is 0 Å². The molecule has 1 aliphatic heterocycles. The number of nitro benzene ring substituents is 1. The quantitative estimate of drug-likeness (QED) is 0.624. The summed E-state index contributed by atoms with van der Waals surface area (Å²) in [5, 5.41) is 24.4. The average molecular weight is 376 g/mol. The summed E-state index contributed by atoms with van der Waals surface area (Å²) < 4.78 is 1.29. The maximum atomic E-state index is 12.8. The number of aromatic nitrogens is 2. The van der Waals surface area contributed by atoms with Gasteiger partial charge in [0.2, 0.25) is 0 Å². The van der Waals surface area contributed by atoms with Crippen LogP contribution in [0.5, 0.6) is 0 Å². The van der Waals surface area contributed by atoms with Gasteiger partial charge in [0, 0.05) is 30.3 Å². The molecule has 1 aromatic heterocycles. The molecule has 2 heterocycles. The normalized spacial score (nSPS) is 17.1. The van der Waals surface area contributed by atoms with Crippen molar-refractivity contribution in [1.29, 1.82) is 0 Å². The highest BCUT2D eigenvalue weighted by molar-refractivity contribution is 7.99. The van der Waals surface area contributed by atoms with E-state index in [1.807, 2.05) is 0 Å². The number of carbonyl (C=O) groups excluding carboxylic acids is 1. The topological polar surface area (TPSA) is 119 Å². The lowest BCUT2D eigenvalue weighted by molar-refractivity contribution is -0.384. The zero-order chi connectivity index (χ0) is 18.7. The Bertz CT molecular complexity index is 853. The Morgan fingerprint density at radius 3 is 2.85 bits per heavy atom. The molecule has 26 heavy (non-hydrogen) atoms. The van der Waals surface area contributed by atoms with Crippen molar-refractivity contribution in [2.24, 2.45) is 0 Å². The van der Waals surface area contributed by atoms with Crippen LogP contribution in [0, 0.1) is 10.1 Å². The van der Waals surface area contributed by atoms with Crippen molar-refractivity contribution < 1.29 is 19.6 Å². The van der Waals surface area contributed by atoms with E-state index in [0.29, 0.717) is 12.3 Å². The Balaban J connectivity index is 1.86. The second-order valence-corrected chi connectivity index (χ2v) is 6.87. The predicted octanol–water partition coefficient (Wildman–Crippen LogP) is 1.81. The second kappa shape index (κ2) is 7.56. The third kappa shape index (κ3) is 3.69. The number of carboxylic acid groups (broad SMARTS) is 1. The van der Waals surface area contributed by atoms with Crippen LogP contribution < -0.4 is 0 Å². The van der Waals surface area contributed by atoms with Crippen molar-refractivity contribution in [3.8, 4) is 5.69 Å². The van der Waals surface area contributed by atoms with Gasteiger partial charge in [-0.25, -0.2) is 4.68 Å². The first-order valence-electron chi connectivity index (χ1n) is 7.87. The number of carbonyl (C=O) groups is 2. The molecule has 1 saturated heterocycles. The lowest BCUT2D eigenvalue weighted by Gasteiger charge is -2.34. The number of amides is 1. The number of hydrogen-bond acceptors (Lipinski definition) is 6. The van der Waals surface area contributed by atoms with E-state index in [1.165, 1.54) is 27.9 Å². The molecule has 0 aliphatic carbocycles. The first kappa shape index (κ1) is 17.9. The molecule has 2 aromatic rings. The van der Waals surface area contributed by atoms with Gasteiger partial charge in [0.05, 0.1) is 17.4 Å². The van der Waals surface area contributed by atoms with Gasteiger partial charge >= 0.3 is 5.97 Å². The number of hydrogen-bond donors (Lipinski definition) is 1. The van der Waals surface area contributed by atoms with Crippen LogP contribution >= 0.6 is 11.8 Å². The van der Waals surface area contributed by atoms with Crippen LogP contribution in [0.2, 0.25) is 0 Å². The van der Waals surface area contributed by atoms with Gasteiger partial charge < -0.3 is 10.0 Å². The first-order chi connectivity index (χ1) is 12.5. The van der Waals surface area contributed by atoms with Crippen LogP contribution in [0.4, 0.5) is 5.69 Å². The van der Waals surface area contributed by atoms with Crippen molar-refractivity contribution in [3.05, 3.63) is 52.3 Å². The minimum absolute atomic E-state index is 0.118. The number of aliphatic carboxylic acids is 1. The fourth-order valence-electron chi connectivity index (χ4n) is 2.82. The van der Waals surface area contributed by atoms with Crippen molar-refractivity contribution >= 4 is 29.3 Å². The lowest BCUT2D eigenvalue weighted by atomic mass is 10.2. The Morgan fingerprint density at radius 2 is 2.12 bits per heavy atom. The zero-order valence-corrected chi connectivity index (χ0v) is 14.5. The summed E-state index contributed by atoms with van der Waals surface area (Å²) >= 11 is 1.61. The molecule has 1 atom stereocenters. The molecule has 9 nitrogen and oxygen atoms in total. The summed E-state index contributed by atoms with van der Waals surface area (Å²) in [6.07, 6.45) is 1.37. The smallest absolute Gasteiger partial charge is 0.305 e. The monoisotopic (exact) mass is 376 g/mol. The summed E-state index contributed by atoms with van der Waals surface area (Å²) in [5.74, 6) is -0.0371. The zero-order valence-electron chi connectivity index (χ0n) is 13.6. The molecule has 0 spiro atoms. The van der Waals surface area contributed by atoms with Gasteiger partial charge in [0.1, 0.15) is 5.69 Å². The summed E-state index contributed by atoms with van der Waals surface area (Å²) in [6, 6.07) is 7.21. The fourth-order valence-corrected chi connectivity index (χ4v) is 3.89. The Morgan fingerprint density at radius 1 is 1.35 bits per heavy atom. The summed E-state index contributed by atoms with van der Waals surface area (Å²) in [4.78, 5) is 36.0. The Kier molecular flexibility index (Phi) is 5.21. The molecule has 1 aliphatic rings. The van der Waals surface area contributed by atoms with E-state index >= 15 is 0 Å². The molecular formula is C16H16N4O5S. The van der Waals surface area contributed by atoms with Gasteiger partial charge in [-0.2, -0.15) is 16.9 Å². The molecule has 0 saturated carbocycles. The minimum Gasteiger partial charge on any atom is -0.481 e. The van der Waals surface area contributed by atoms with Crippen LogP contribution in [-0.2, 0) is 4.79 Å². The number of carboxylic acids is 1. The SMILES string of the molecule is O=C(O)CC1CSCCN1C(=O)c1ccn(-c2ccccc2[N+](=O)[O-])n1. The average Bonchev–Trinajstić information content (AvgIpc) is 3.11. The van der Waals surface area contributed by atoms with E-state index in [4.69, 9.17) is 5.11 Å². The number of thioether (sulfide) groups is 1. The summed E-state index contributed by atoms with van der Waals surface area (Å²) in [7, 11) is 0. The number of nitrogens with zero attached hydrogens (tertiary/aromatic N) is 4. The third-order valence-electron chi connectivity index (χ3n) is 4.03. The van der Waals surface area contributed by atoms with Crippen molar-refractivity contribution in [1.82, 2.24) is 14.7 Å². The minimum atomic E-state index is -0.958. The molecular weight excluding hydrogens is 360 g/mol. The van der Waals surface area contributed by atoms with Gasteiger partial charge in [-0.05, 0) is 12.1 Å². The van der Waals surface area contributed by atoms with Gasteiger partial charge in [0.15, 0.2) is 5.69 Å². The van der Waals surface area contributed by atoms with E-state index < -0.39 is 16.9 Å². The van der Waals surface area contributed by atoms with Gasteiger partial charge in [-0.1, -0.05) is 12.1 Å².